The van der Waals surface area contributed by atoms with Gasteiger partial charge in [-0.3, -0.25) is 4.98 Å². The Hall–Kier alpha value is -2.81. The van der Waals surface area contributed by atoms with Gasteiger partial charge in [0.05, 0.1) is 18.0 Å². The van der Waals surface area contributed by atoms with Crippen molar-refractivity contribution in [2.24, 2.45) is 0 Å². The number of H-pyrrole nitrogens is 1. The number of fused-ring (bicyclic) bond motifs is 1. The highest BCUT2D eigenvalue weighted by molar-refractivity contribution is 5.77. The Morgan fingerprint density at radius 3 is 2.00 bits per heavy atom. The fourth-order valence-electron chi connectivity index (χ4n) is 1.52. The van der Waals surface area contributed by atoms with Crippen LogP contribution in [0.5, 0.6) is 0 Å². The molecule has 0 atom stereocenters. The second-order valence-corrected chi connectivity index (χ2v) is 3.87. The molecule has 3 aromatic heterocycles. The molecule has 3 nitrogen and oxygen atoms in total. The van der Waals surface area contributed by atoms with Gasteiger partial charge in [-0.2, -0.15) is 0 Å². The number of rotatable bonds is 0. The lowest BCUT2D eigenvalue weighted by molar-refractivity contribution is 0.567. The van der Waals surface area contributed by atoms with Crippen LogP contribution in [0.2, 0.25) is 0 Å². The maximum absolute atomic E-state index is 4.58. The fourth-order valence-corrected chi connectivity index (χ4v) is 1.52. The normalized spacial score (nSPS) is 9.00. The van der Waals surface area contributed by atoms with Crippen molar-refractivity contribution >= 4 is 10.9 Å². The van der Waals surface area contributed by atoms with Gasteiger partial charge in [0.25, 0.3) is 0 Å². The molecule has 0 aliphatic carbocycles. The van der Waals surface area contributed by atoms with Crippen molar-refractivity contribution in [1.82, 2.24) is 9.97 Å². The van der Waals surface area contributed by atoms with Crippen LogP contribution < -0.4 is 0 Å². The molecule has 0 aliphatic rings. The van der Waals surface area contributed by atoms with Crippen LogP contribution in [-0.4, -0.2) is 9.97 Å². The van der Waals surface area contributed by atoms with Crippen molar-refractivity contribution in [3.05, 3.63) is 91.8 Å². The van der Waals surface area contributed by atoms with E-state index in [1.54, 1.807) is 12.5 Å². The summed E-state index contributed by atoms with van der Waals surface area (Å²) in [6, 6.07) is 19.6. The molecule has 0 amide bonds. The van der Waals surface area contributed by atoms with Crippen LogP contribution in [0.15, 0.2) is 96.2 Å². The molecule has 1 aromatic carbocycles. The lowest BCUT2D eigenvalue weighted by atomic mass is 10.2. The molecule has 4 aromatic rings. The van der Waals surface area contributed by atoms with E-state index in [0.29, 0.717) is 0 Å². The third kappa shape index (κ3) is 4.82. The quantitative estimate of drug-likeness (QED) is 0.507. The van der Waals surface area contributed by atoms with Crippen LogP contribution >= 0.6 is 0 Å². The first-order valence-electron chi connectivity index (χ1n) is 6.31. The number of hydrogen-bond donors (Lipinski definition) is 1. The highest BCUT2D eigenvalue weighted by atomic mass is 16.3. The number of nitrogens with zero attached hydrogens (tertiary/aromatic N) is 1. The Labute approximate surface area is 117 Å². The van der Waals surface area contributed by atoms with E-state index in [-0.39, 0.29) is 0 Å². The highest BCUT2D eigenvalue weighted by Crippen LogP contribution is 2.07. The molecular formula is C17H16N2O. The summed E-state index contributed by atoms with van der Waals surface area (Å²) < 4.78 is 4.58. The topological polar surface area (TPSA) is 41.8 Å². The van der Waals surface area contributed by atoms with Crippen LogP contribution in [0.25, 0.3) is 10.9 Å². The zero-order valence-corrected chi connectivity index (χ0v) is 11.0. The zero-order chi connectivity index (χ0) is 13.9. The molecule has 3 heterocycles. The van der Waals surface area contributed by atoms with Gasteiger partial charge in [0.1, 0.15) is 0 Å². The number of pyridine rings is 1. The molecule has 0 saturated carbocycles. The predicted octanol–water partition coefficient (Wildman–Crippen LogP) is 4.53. The molecule has 0 spiro atoms. The molecule has 20 heavy (non-hydrogen) atoms. The molecule has 0 saturated heterocycles. The number of nitrogens with one attached hydrogen (secondary N) is 1. The van der Waals surface area contributed by atoms with E-state index in [0.717, 1.165) is 5.52 Å². The number of aromatic amines is 1. The molecule has 0 bridgehead atoms. The minimum Gasteiger partial charge on any atom is -0.473 e. The molecule has 3 heteroatoms. The van der Waals surface area contributed by atoms with E-state index < -0.39 is 0 Å². The summed E-state index contributed by atoms with van der Waals surface area (Å²) in [4.78, 5) is 7.04. The summed E-state index contributed by atoms with van der Waals surface area (Å²) in [6.45, 7) is 0. The lowest BCUT2D eigenvalue weighted by Gasteiger charge is -1.91. The summed E-state index contributed by atoms with van der Waals surface area (Å²) in [6.07, 6.45) is 8.81. The number of para-hydroxylation sites is 1. The van der Waals surface area contributed by atoms with E-state index in [9.17, 15) is 0 Å². The van der Waals surface area contributed by atoms with Gasteiger partial charge in [-0.25, -0.2) is 0 Å². The van der Waals surface area contributed by atoms with Gasteiger partial charge in [0, 0.05) is 24.0 Å². The predicted molar refractivity (Wildman–Crippen MR) is 81.2 cm³/mol. The largest absolute Gasteiger partial charge is 0.473 e. The van der Waals surface area contributed by atoms with Crippen molar-refractivity contribution in [1.29, 1.82) is 0 Å². The summed E-state index contributed by atoms with van der Waals surface area (Å²) in [5.74, 6) is 0. The molecule has 0 fully saturated rings. The molecule has 100 valence electrons. The van der Waals surface area contributed by atoms with Crippen molar-refractivity contribution in [3.8, 4) is 0 Å². The van der Waals surface area contributed by atoms with Gasteiger partial charge in [0.15, 0.2) is 0 Å². The lowest BCUT2D eigenvalue weighted by Crippen LogP contribution is -1.73. The van der Waals surface area contributed by atoms with E-state index in [1.165, 1.54) is 5.39 Å². The minimum absolute atomic E-state index is 1.06. The molecule has 0 unspecified atom stereocenters. The Kier molecular flexibility index (Phi) is 5.66. The Balaban J connectivity index is 0.000000124. The van der Waals surface area contributed by atoms with Crippen LogP contribution in [-0.2, 0) is 0 Å². The molecule has 1 N–H and O–H groups in total. The zero-order valence-electron chi connectivity index (χ0n) is 11.0. The fraction of sp³-hybridized carbons (Fsp3) is 0. The van der Waals surface area contributed by atoms with Crippen molar-refractivity contribution < 1.29 is 4.42 Å². The maximum atomic E-state index is 4.58. The van der Waals surface area contributed by atoms with Crippen LogP contribution in [0.1, 0.15) is 0 Å². The van der Waals surface area contributed by atoms with E-state index in [1.807, 2.05) is 67.1 Å². The highest BCUT2D eigenvalue weighted by Gasteiger charge is 1.86. The standard InChI is InChI=1S/C9H7N.C4H5N.C4H4O/c1-2-6-9-8(4-1)5-3-7-10-9;2*1-2-4-5-3-1/h1-7H;1-5H;1-4H. The van der Waals surface area contributed by atoms with Gasteiger partial charge in [-0.05, 0) is 36.4 Å². The van der Waals surface area contributed by atoms with E-state index in [2.05, 4.69) is 26.5 Å². The van der Waals surface area contributed by atoms with Crippen LogP contribution in [0, 0.1) is 0 Å². The minimum atomic E-state index is 1.06. The molecular weight excluding hydrogens is 248 g/mol. The van der Waals surface area contributed by atoms with Crippen molar-refractivity contribution in [2.75, 3.05) is 0 Å². The number of hydrogen-bond acceptors (Lipinski definition) is 2. The van der Waals surface area contributed by atoms with E-state index in [4.69, 9.17) is 0 Å². The van der Waals surface area contributed by atoms with E-state index >= 15 is 0 Å². The van der Waals surface area contributed by atoms with Crippen molar-refractivity contribution in [3.63, 3.8) is 0 Å². The average Bonchev–Trinajstić information content (AvgIpc) is 3.25. The average molecular weight is 264 g/mol. The third-order valence-electron chi connectivity index (χ3n) is 2.43. The second-order valence-electron chi connectivity index (χ2n) is 3.87. The summed E-state index contributed by atoms with van der Waals surface area (Å²) in [7, 11) is 0. The Morgan fingerprint density at radius 2 is 1.45 bits per heavy atom. The Bertz CT molecular complexity index is 547. The summed E-state index contributed by atoms with van der Waals surface area (Å²) in [5.41, 5.74) is 1.06. The molecule has 4 rings (SSSR count). The van der Waals surface area contributed by atoms with Crippen LogP contribution in [0.4, 0.5) is 0 Å². The molecule has 0 aliphatic heterocycles. The van der Waals surface area contributed by atoms with Crippen molar-refractivity contribution in [2.45, 2.75) is 0 Å². The molecule has 0 radical (unpaired) electrons. The first kappa shape index (κ1) is 13.6. The summed E-state index contributed by atoms with van der Waals surface area (Å²) in [5, 5.41) is 1.20. The second kappa shape index (κ2) is 8.32. The number of furan rings is 1. The number of benzene rings is 1. The first-order valence-corrected chi connectivity index (χ1v) is 6.31. The van der Waals surface area contributed by atoms with Gasteiger partial charge in [-0.15, -0.1) is 0 Å². The van der Waals surface area contributed by atoms with Crippen LogP contribution in [0.3, 0.4) is 0 Å². The van der Waals surface area contributed by atoms with Gasteiger partial charge >= 0.3 is 0 Å². The maximum Gasteiger partial charge on any atom is 0.0902 e. The monoisotopic (exact) mass is 264 g/mol. The summed E-state index contributed by atoms with van der Waals surface area (Å²) >= 11 is 0. The van der Waals surface area contributed by atoms with Gasteiger partial charge < -0.3 is 9.40 Å². The smallest absolute Gasteiger partial charge is 0.0902 e. The Morgan fingerprint density at radius 1 is 0.750 bits per heavy atom. The number of aromatic nitrogens is 2. The SMILES string of the molecule is c1cc[nH]c1.c1ccc2ncccc2c1.c1ccoc1. The first-order chi connectivity index (χ1) is 9.97. The third-order valence-corrected chi connectivity index (χ3v) is 2.43. The van der Waals surface area contributed by atoms with Gasteiger partial charge in [0.2, 0.25) is 0 Å². The van der Waals surface area contributed by atoms with Gasteiger partial charge in [-0.1, -0.05) is 24.3 Å².